The standard InChI is InChI=1S/C31H30BrCl2IN4O7/c1-4-44-25-12-19(28-27(30(41)43-3)16(2)37-31(42)38-28)6-8-24(25)45-15-26(40)39-36-13-18-9-20(32)29(23(35)11-18)46-14-17-5-7-21(33)22(34)10-17/h5-13,26,28,39-40H,4,14-15H2,1-3H3,(H2,37,38,42)/b36-13-/t26-,28+/m1/s1. The maximum absolute atomic E-state index is 12.5. The Morgan fingerprint density at radius 2 is 1.91 bits per heavy atom. The summed E-state index contributed by atoms with van der Waals surface area (Å²) in [6.45, 7) is 3.91. The van der Waals surface area contributed by atoms with Crippen molar-refractivity contribution in [1.29, 1.82) is 0 Å². The number of hydrogen-bond acceptors (Lipinski definition) is 9. The van der Waals surface area contributed by atoms with E-state index in [4.69, 9.17) is 42.1 Å². The van der Waals surface area contributed by atoms with Crippen molar-refractivity contribution in [2.24, 2.45) is 5.10 Å². The predicted molar refractivity (Wildman–Crippen MR) is 187 cm³/mol. The molecule has 0 aromatic heterocycles. The van der Waals surface area contributed by atoms with Crippen LogP contribution in [0.25, 0.3) is 0 Å². The van der Waals surface area contributed by atoms with Gasteiger partial charge < -0.3 is 34.7 Å². The third kappa shape index (κ3) is 9.18. The smallest absolute Gasteiger partial charge is 0.337 e. The lowest BCUT2D eigenvalue weighted by Crippen LogP contribution is -2.45. The maximum Gasteiger partial charge on any atom is 0.337 e. The lowest BCUT2D eigenvalue weighted by Gasteiger charge is -2.28. The highest BCUT2D eigenvalue weighted by Crippen LogP contribution is 2.35. The van der Waals surface area contributed by atoms with E-state index in [0.29, 0.717) is 51.8 Å². The number of aliphatic hydroxyl groups is 1. The average molecular weight is 848 g/mol. The number of hydrogen-bond donors (Lipinski definition) is 4. The van der Waals surface area contributed by atoms with E-state index in [1.807, 2.05) is 25.1 Å². The van der Waals surface area contributed by atoms with Crippen LogP contribution in [0, 0.1) is 3.57 Å². The van der Waals surface area contributed by atoms with Crippen LogP contribution in [0.1, 0.15) is 36.6 Å². The molecule has 0 fully saturated rings. The molecule has 0 radical (unpaired) electrons. The van der Waals surface area contributed by atoms with Crippen molar-refractivity contribution in [2.45, 2.75) is 32.7 Å². The molecule has 1 aliphatic heterocycles. The summed E-state index contributed by atoms with van der Waals surface area (Å²) in [4.78, 5) is 24.6. The molecular formula is C31H30BrCl2IN4O7. The van der Waals surface area contributed by atoms with Crippen molar-refractivity contribution in [3.05, 3.63) is 94.6 Å². The van der Waals surface area contributed by atoms with E-state index >= 15 is 0 Å². The van der Waals surface area contributed by atoms with Gasteiger partial charge in [-0.3, -0.25) is 5.43 Å². The first-order valence-electron chi connectivity index (χ1n) is 13.8. The van der Waals surface area contributed by atoms with E-state index in [2.05, 4.69) is 59.7 Å². The molecule has 0 bridgehead atoms. The first-order valence-corrected chi connectivity index (χ1v) is 16.4. The van der Waals surface area contributed by atoms with Crippen molar-refractivity contribution in [3.8, 4) is 17.2 Å². The Morgan fingerprint density at radius 1 is 1.13 bits per heavy atom. The summed E-state index contributed by atoms with van der Waals surface area (Å²) >= 11 is 17.8. The number of ether oxygens (including phenoxy) is 4. The number of halogens is 4. The van der Waals surface area contributed by atoms with E-state index in [1.54, 1.807) is 43.5 Å². The molecule has 1 aliphatic rings. The number of nitrogens with zero attached hydrogens (tertiary/aromatic N) is 1. The third-order valence-corrected chi connectivity index (χ3v) is 8.63. The summed E-state index contributed by atoms with van der Waals surface area (Å²) in [7, 11) is 1.27. The summed E-state index contributed by atoms with van der Waals surface area (Å²) in [5.74, 6) is 0.808. The van der Waals surface area contributed by atoms with Gasteiger partial charge in [-0.15, -0.1) is 0 Å². The fraction of sp³-hybridized carbons (Fsp3) is 0.258. The molecule has 4 rings (SSSR count). The van der Waals surface area contributed by atoms with Gasteiger partial charge in [-0.25, -0.2) is 9.59 Å². The molecule has 0 unspecified atom stereocenters. The number of methoxy groups -OCH3 is 1. The van der Waals surface area contributed by atoms with Crippen LogP contribution < -0.4 is 30.3 Å². The van der Waals surface area contributed by atoms with Gasteiger partial charge in [0.05, 0.1) is 49.6 Å². The number of nitrogens with one attached hydrogen (secondary N) is 3. The van der Waals surface area contributed by atoms with Gasteiger partial charge >= 0.3 is 12.0 Å². The van der Waals surface area contributed by atoms with E-state index < -0.39 is 24.3 Å². The zero-order chi connectivity index (χ0) is 33.4. The second kappa shape index (κ2) is 16.5. The number of aliphatic hydroxyl groups excluding tert-OH is 1. The van der Waals surface area contributed by atoms with Crippen molar-refractivity contribution in [3.63, 3.8) is 0 Å². The molecule has 11 nitrogen and oxygen atoms in total. The first kappa shape index (κ1) is 35.6. The van der Waals surface area contributed by atoms with E-state index in [0.717, 1.165) is 19.2 Å². The van der Waals surface area contributed by atoms with Crippen LogP contribution in [0.5, 0.6) is 17.2 Å². The normalized spacial score (nSPS) is 15.2. The number of allylic oxidation sites excluding steroid dienone is 1. The number of urea groups is 1. The van der Waals surface area contributed by atoms with Crippen LogP contribution >= 0.6 is 61.7 Å². The molecule has 1 heterocycles. The number of amides is 2. The number of hydrazone groups is 1. The summed E-state index contributed by atoms with van der Waals surface area (Å²) in [6, 6.07) is 12.8. The Labute approximate surface area is 297 Å². The van der Waals surface area contributed by atoms with Crippen LogP contribution in [0.2, 0.25) is 10.0 Å². The summed E-state index contributed by atoms with van der Waals surface area (Å²) in [5.41, 5.74) is 5.51. The molecule has 0 saturated heterocycles. The average Bonchev–Trinajstić information content (AvgIpc) is 3.01. The molecule has 3 aromatic rings. The van der Waals surface area contributed by atoms with Crippen LogP contribution in [-0.2, 0) is 16.1 Å². The highest BCUT2D eigenvalue weighted by molar-refractivity contribution is 14.1. The van der Waals surface area contributed by atoms with Gasteiger partial charge in [0.15, 0.2) is 17.7 Å². The van der Waals surface area contributed by atoms with Crippen molar-refractivity contribution in [1.82, 2.24) is 16.1 Å². The van der Waals surface area contributed by atoms with Crippen LogP contribution in [0.4, 0.5) is 4.79 Å². The molecule has 244 valence electrons. The third-order valence-electron chi connectivity index (χ3n) is 6.50. The number of benzene rings is 3. The fourth-order valence-electron chi connectivity index (χ4n) is 4.40. The van der Waals surface area contributed by atoms with Gasteiger partial charge in [0, 0.05) is 5.70 Å². The SMILES string of the molecule is CCOc1cc([C@@H]2NC(=O)NC(C)=C2C(=O)OC)ccc1OC[C@@H](O)N/N=C\c1cc(Br)c(OCc2ccc(Cl)c(Cl)c2)c(I)c1. The summed E-state index contributed by atoms with van der Waals surface area (Å²) in [5, 5.41) is 20.9. The predicted octanol–water partition coefficient (Wildman–Crippen LogP) is 6.46. The summed E-state index contributed by atoms with van der Waals surface area (Å²) < 4.78 is 24.0. The van der Waals surface area contributed by atoms with Gasteiger partial charge in [-0.2, -0.15) is 5.10 Å². The van der Waals surface area contributed by atoms with Gasteiger partial charge in [0.25, 0.3) is 0 Å². The molecule has 4 N–H and O–H groups in total. The number of carbonyl (C=O) groups is 2. The topological polar surface area (TPSA) is 140 Å². The minimum absolute atomic E-state index is 0.157. The van der Waals surface area contributed by atoms with Crippen molar-refractivity contribution >= 4 is 79.9 Å². The fourth-order valence-corrected chi connectivity index (χ4v) is 6.49. The number of esters is 1. The molecule has 15 heteroatoms. The largest absolute Gasteiger partial charge is 0.490 e. The lowest BCUT2D eigenvalue weighted by atomic mass is 9.95. The minimum atomic E-state index is -1.15. The minimum Gasteiger partial charge on any atom is -0.490 e. The van der Waals surface area contributed by atoms with Gasteiger partial charge in [-0.1, -0.05) is 35.3 Å². The molecule has 0 spiro atoms. The van der Waals surface area contributed by atoms with Gasteiger partial charge in [0.2, 0.25) is 0 Å². The van der Waals surface area contributed by atoms with Gasteiger partial charge in [0.1, 0.15) is 19.0 Å². The zero-order valence-electron chi connectivity index (χ0n) is 24.8. The molecule has 3 aromatic carbocycles. The quantitative estimate of drug-likeness (QED) is 0.0506. The molecular weight excluding hydrogens is 818 g/mol. The number of rotatable bonds is 13. The second-order valence-corrected chi connectivity index (χ2v) is 12.6. The number of carbonyl (C=O) groups excluding carboxylic acids is 2. The van der Waals surface area contributed by atoms with E-state index in [1.165, 1.54) is 7.11 Å². The Bertz CT molecular complexity index is 1650. The second-order valence-electron chi connectivity index (χ2n) is 9.77. The Kier molecular flexibility index (Phi) is 12.8. The van der Waals surface area contributed by atoms with E-state index in [9.17, 15) is 14.7 Å². The van der Waals surface area contributed by atoms with Crippen molar-refractivity contribution < 1.29 is 33.6 Å². The first-order chi connectivity index (χ1) is 22.0. The Hall–Kier alpha value is -3.24. The molecule has 0 saturated carbocycles. The summed E-state index contributed by atoms with van der Waals surface area (Å²) in [6.07, 6.45) is 0.406. The van der Waals surface area contributed by atoms with Gasteiger partial charge in [-0.05, 0) is 105 Å². The highest BCUT2D eigenvalue weighted by atomic mass is 127. The molecule has 0 aliphatic carbocycles. The maximum atomic E-state index is 12.5. The highest BCUT2D eigenvalue weighted by Gasteiger charge is 2.32. The zero-order valence-corrected chi connectivity index (χ0v) is 30.1. The lowest BCUT2D eigenvalue weighted by molar-refractivity contribution is -0.136. The molecule has 2 atom stereocenters. The Balaban J connectivity index is 1.37. The van der Waals surface area contributed by atoms with E-state index in [-0.39, 0.29) is 12.2 Å². The molecule has 2 amide bonds. The Morgan fingerprint density at radius 3 is 2.61 bits per heavy atom. The molecule has 46 heavy (non-hydrogen) atoms. The van der Waals surface area contributed by atoms with Crippen LogP contribution in [0.15, 0.2) is 69.4 Å². The monoisotopic (exact) mass is 846 g/mol. The van der Waals surface area contributed by atoms with Crippen LogP contribution in [-0.4, -0.2) is 49.9 Å². The van der Waals surface area contributed by atoms with Crippen molar-refractivity contribution in [2.75, 3.05) is 20.3 Å². The van der Waals surface area contributed by atoms with Crippen LogP contribution in [0.3, 0.4) is 0 Å².